The number of hydrogen-bond donors (Lipinski definition) is 0. The maximum Gasteiger partial charge on any atom is 0.232 e. The van der Waals surface area contributed by atoms with Crippen LogP contribution < -0.4 is 0 Å². The van der Waals surface area contributed by atoms with E-state index in [0.29, 0.717) is 5.75 Å². The molecule has 0 saturated carbocycles. The zero-order valence-corrected chi connectivity index (χ0v) is 16.5. The number of piperazine rings is 1. The van der Waals surface area contributed by atoms with E-state index in [0.717, 1.165) is 48.1 Å². The van der Waals surface area contributed by atoms with E-state index in [1.165, 1.54) is 0 Å². The molecule has 0 radical (unpaired) electrons. The number of halogens is 1. The van der Waals surface area contributed by atoms with Crippen LogP contribution in [0.25, 0.3) is 0 Å². The summed E-state index contributed by atoms with van der Waals surface area (Å²) in [5.74, 6) is 1.57. The molecule has 4 nitrogen and oxygen atoms in total. The van der Waals surface area contributed by atoms with E-state index in [-0.39, 0.29) is 11.9 Å². The van der Waals surface area contributed by atoms with Gasteiger partial charge in [-0.1, -0.05) is 35.9 Å². The van der Waals surface area contributed by atoms with Crippen LogP contribution in [-0.4, -0.2) is 52.6 Å². The molecular formula is C20H24ClN3OS. The highest BCUT2D eigenvalue weighted by Gasteiger charge is 2.25. The lowest BCUT2D eigenvalue weighted by molar-refractivity contribution is -0.130. The fraction of sp³-hybridized carbons (Fsp3) is 0.400. The Labute approximate surface area is 164 Å². The van der Waals surface area contributed by atoms with Gasteiger partial charge in [0.15, 0.2) is 0 Å². The van der Waals surface area contributed by atoms with Crippen LogP contribution >= 0.6 is 23.4 Å². The van der Waals surface area contributed by atoms with E-state index >= 15 is 0 Å². The van der Waals surface area contributed by atoms with Crippen molar-refractivity contribution < 1.29 is 4.79 Å². The summed E-state index contributed by atoms with van der Waals surface area (Å²) in [6.45, 7) is 5.50. The zero-order chi connectivity index (χ0) is 18.4. The molecule has 1 aliphatic heterocycles. The van der Waals surface area contributed by atoms with Crippen molar-refractivity contribution in [3.63, 3.8) is 0 Å². The van der Waals surface area contributed by atoms with Gasteiger partial charge in [-0.25, -0.2) is 0 Å². The summed E-state index contributed by atoms with van der Waals surface area (Å²) in [6.07, 6.45) is 3.62. The van der Waals surface area contributed by atoms with Gasteiger partial charge in [-0.15, -0.1) is 11.8 Å². The number of carbonyl (C=O) groups excluding carboxylic acids is 1. The molecule has 1 unspecified atom stereocenters. The largest absolute Gasteiger partial charge is 0.339 e. The Morgan fingerprint density at radius 2 is 1.96 bits per heavy atom. The fourth-order valence-electron chi connectivity index (χ4n) is 3.20. The summed E-state index contributed by atoms with van der Waals surface area (Å²) < 4.78 is 0. The second-order valence-electron chi connectivity index (χ2n) is 6.47. The van der Waals surface area contributed by atoms with Crippen LogP contribution in [0.3, 0.4) is 0 Å². The van der Waals surface area contributed by atoms with Gasteiger partial charge >= 0.3 is 0 Å². The lowest BCUT2D eigenvalue weighted by Gasteiger charge is -2.38. The average molecular weight is 390 g/mol. The highest BCUT2D eigenvalue weighted by Crippen LogP contribution is 2.27. The summed E-state index contributed by atoms with van der Waals surface area (Å²) in [6, 6.07) is 12.2. The molecule has 1 atom stereocenters. The predicted molar refractivity (Wildman–Crippen MR) is 108 cm³/mol. The first-order valence-corrected chi connectivity index (χ1v) is 10.4. The minimum Gasteiger partial charge on any atom is -0.339 e. The van der Waals surface area contributed by atoms with E-state index in [1.807, 2.05) is 41.4 Å². The van der Waals surface area contributed by atoms with Crippen molar-refractivity contribution in [3.05, 3.63) is 64.9 Å². The Morgan fingerprint density at radius 3 is 2.65 bits per heavy atom. The van der Waals surface area contributed by atoms with Crippen LogP contribution in [0.4, 0.5) is 0 Å². The first-order chi connectivity index (χ1) is 12.6. The van der Waals surface area contributed by atoms with Gasteiger partial charge in [-0.3, -0.25) is 14.7 Å². The Balaban J connectivity index is 1.44. The van der Waals surface area contributed by atoms with Crippen molar-refractivity contribution in [2.24, 2.45) is 0 Å². The smallest absolute Gasteiger partial charge is 0.232 e. The average Bonchev–Trinajstić information content (AvgIpc) is 2.69. The molecule has 1 aliphatic rings. The summed E-state index contributed by atoms with van der Waals surface area (Å²) in [5.41, 5.74) is 2.31. The molecule has 0 aliphatic carbocycles. The summed E-state index contributed by atoms with van der Waals surface area (Å²) >= 11 is 7.98. The number of rotatable bonds is 6. The van der Waals surface area contributed by atoms with Gasteiger partial charge in [-0.2, -0.15) is 0 Å². The summed E-state index contributed by atoms with van der Waals surface area (Å²) in [7, 11) is 0. The van der Waals surface area contributed by atoms with Crippen molar-refractivity contribution in [2.75, 3.05) is 31.9 Å². The normalized spacial score (nSPS) is 16.5. The number of hydrogen-bond acceptors (Lipinski definition) is 4. The number of benzene rings is 1. The number of thioether (sulfide) groups is 1. The van der Waals surface area contributed by atoms with Gasteiger partial charge in [0.1, 0.15) is 0 Å². The number of pyridine rings is 1. The SMILES string of the molecule is CC(c1ccccc1Cl)N1CCN(C(=O)CSCc2cccnc2)CC1. The monoisotopic (exact) mass is 389 g/mol. The van der Waals surface area contributed by atoms with Crippen LogP contribution in [0.5, 0.6) is 0 Å². The second-order valence-corrected chi connectivity index (χ2v) is 7.86. The first-order valence-electron chi connectivity index (χ1n) is 8.88. The van der Waals surface area contributed by atoms with Crippen molar-refractivity contribution in [1.29, 1.82) is 0 Å². The third-order valence-electron chi connectivity index (χ3n) is 4.79. The molecule has 1 saturated heterocycles. The molecule has 1 aromatic carbocycles. The third-order valence-corrected chi connectivity index (χ3v) is 6.12. The van der Waals surface area contributed by atoms with Crippen LogP contribution in [0, 0.1) is 0 Å². The minimum atomic E-state index is 0.226. The van der Waals surface area contributed by atoms with Gasteiger partial charge in [-0.05, 0) is 30.2 Å². The lowest BCUT2D eigenvalue weighted by atomic mass is 10.1. The van der Waals surface area contributed by atoms with Gasteiger partial charge in [0.05, 0.1) is 5.75 Å². The van der Waals surface area contributed by atoms with E-state index in [1.54, 1.807) is 18.0 Å². The highest BCUT2D eigenvalue weighted by atomic mass is 35.5. The lowest BCUT2D eigenvalue weighted by Crippen LogP contribution is -2.49. The fourth-order valence-corrected chi connectivity index (χ4v) is 4.36. The molecule has 1 fully saturated rings. The van der Waals surface area contributed by atoms with Gasteiger partial charge in [0, 0.05) is 55.4 Å². The first kappa shape index (κ1) is 19.2. The highest BCUT2D eigenvalue weighted by molar-refractivity contribution is 7.99. The minimum absolute atomic E-state index is 0.226. The molecule has 0 N–H and O–H groups in total. The molecule has 2 heterocycles. The standard InChI is InChI=1S/C20H24ClN3OS/c1-16(18-6-2-3-7-19(18)21)23-9-11-24(12-10-23)20(25)15-26-14-17-5-4-8-22-13-17/h2-8,13,16H,9-12,14-15H2,1H3. The van der Waals surface area contributed by atoms with Gasteiger partial charge < -0.3 is 4.90 Å². The molecule has 138 valence electrons. The molecular weight excluding hydrogens is 366 g/mol. The molecule has 2 aromatic rings. The number of nitrogens with zero attached hydrogens (tertiary/aromatic N) is 3. The predicted octanol–water partition coefficient (Wildman–Crippen LogP) is 3.87. The molecule has 0 spiro atoms. The van der Waals surface area contributed by atoms with Crippen LogP contribution in [0.15, 0.2) is 48.8 Å². The topological polar surface area (TPSA) is 36.4 Å². The molecule has 26 heavy (non-hydrogen) atoms. The van der Waals surface area contributed by atoms with E-state index in [4.69, 9.17) is 11.6 Å². The Kier molecular flexibility index (Phi) is 6.94. The van der Waals surface area contributed by atoms with Crippen LogP contribution in [0.2, 0.25) is 5.02 Å². The maximum absolute atomic E-state index is 12.4. The van der Waals surface area contributed by atoms with Gasteiger partial charge in [0.2, 0.25) is 5.91 Å². The number of aromatic nitrogens is 1. The van der Waals surface area contributed by atoms with Crippen LogP contribution in [-0.2, 0) is 10.5 Å². The number of carbonyl (C=O) groups is 1. The number of amides is 1. The van der Waals surface area contributed by atoms with E-state index in [9.17, 15) is 4.79 Å². The van der Waals surface area contributed by atoms with Crippen molar-refractivity contribution in [1.82, 2.24) is 14.8 Å². The molecule has 0 bridgehead atoms. The Hall–Kier alpha value is -1.56. The summed E-state index contributed by atoms with van der Waals surface area (Å²) in [5, 5.41) is 0.810. The van der Waals surface area contributed by atoms with Crippen LogP contribution in [0.1, 0.15) is 24.1 Å². The molecule has 1 amide bonds. The van der Waals surface area contributed by atoms with E-state index in [2.05, 4.69) is 22.9 Å². The molecule has 3 rings (SSSR count). The van der Waals surface area contributed by atoms with Crippen molar-refractivity contribution >= 4 is 29.3 Å². The van der Waals surface area contributed by atoms with Crippen molar-refractivity contribution in [3.8, 4) is 0 Å². The van der Waals surface area contributed by atoms with Gasteiger partial charge in [0.25, 0.3) is 0 Å². The second kappa shape index (κ2) is 9.40. The van der Waals surface area contributed by atoms with Crippen molar-refractivity contribution in [2.45, 2.75) is 18.7 Å². The van der Waals surface area contributed by atoms with E-state index < -0.39 is 0 Å². The molecule has 6 heteroatoms. The molecule has 1 aromatic heterocycles. The summed E-state index contributed by atoms with van der Waals surface area (Å²) in [4.78, 5) is 20.9. The Morgan fingerprint density at radius 1 is 1.19 bits per heavy atom. The Bertz CT molecular complexity index is 720. The maximum atomic E-state index is 12.4. The zero-order valence-electron chi connectivity index (χ0n) is 15.0. The quantitative estimate of drug-likeness (QED) is 0.751. The third kappa shape index (κ3) is 5.00.